The van der Waals surface area contributed by atoms with Crippen molar-refractivity contribution >= 4 is 11.7 Å². The maximum atomic E-state index is 14.2. The molecule has 1 fully saturated rings. The van der Waals surface area contributed by atoms with Gasteiger partial charge in [0.25, 0.3) is 5.91 Å². The van der Waals surface area contributed by atoms with Crippen molar-refractivity contribution in [1.29, 1.82) is 0 Å². The number of carbonyl (C=O) groups is 1. The molecule has 0 spiro atoms. The number of amides is 1. The van der Waals surface area contributed by atoms with Crippen molar-refractivity contribution in [3.05, 3.63) is 46.5 Å². The number of hydrogen-bond donors (Lipinski definition) is 3. The topological polar surface area (TPSA) is 132 Å². The van der Waals surface area contributed by atoms with Gasteiger partial charge >= 0.3 is 11.6 Å². The van der Waals surface area contributed by atoms with E-state index in [0.29, 0.717) is 10.3 Å². The van der Waals surface area contributed by atoms with E-state index in [-0.39, 0.29) is 23.9 Å². The van der Waals surface area contributed by atoms with E-state index >= 15 is 0 Å². The number of aliphatic hydroxyl groups excluding tert-OH is 2. The molecule has 0 aliphatic carbocycles. The maximum Gasteiger partial charge on any atom is 0.351 e. The van der Waals surface area contributed by atoms with E-state index in [4.69, 9.17) is 19.3 Å². The molecule has 2 aliphatic heterocycles. The molecule has 154 valence electrons. The molecule has 0 saturated carbocycles. The Balaban J connectivity index is 1.56. The summed E-state index contributed by atoms with van der Waals surface area (Å²) >= 11 is 0. The molecule has 3 heterocycles. The van der Waals surface area contributed by atoms with Crippen LogP contribution in [0.3, 0.4) is 0 Å². The summed E-state index contributed by atoms with van der Waals surface area (Å²) in [5, 5.41) is 21.0. The van der Waals surface area contributed by atoms with E-state index in [1.165, 1.54) is 6.07 Å². The molecule has 2 aromatic rings. The first-order valence-electron chi connectivity index (χ1n) is 8.44. The Morgan fingerprint density at radius 1 is 1.34 bits per heavy atom. The lowest BCUT2D eigenvalue weighted by Gasteiger charge is -2.21. The summed E-state index contributed by atoms with van der Waals surface area (Å²) in [5.74, 6) is -4.03. The van der Waals surface area contributed by atoms with Crippen LogP contribution in [0.5, 0.6) is 11.5 Å². The SMILES string of the molecule is O=C(Nc1ccn(C2O[C@H](CO)[C@@H](O)C2(F)F)c(=O)n1)c1cccc2c1OCO2. The number of halogens is 2. The van der Waals surface area contributed by atoms with Crippen molar-refractivity contribution in [2.24, 2.45) is 0 Å². The standard InChI is InChI=1S/C17H15F2N3O7/c18-17(19)13(24)10(6-23)29-15(17)22-5-4-11(21-16(22)26)20-14(25)8-2-1-3-9-12(8)28-7-27-9/h1-5,10,13,15,23-24H,6-7H2,(H,20,21,25,26)/t10-,13-,15?/m1/s1. The number of hydrogen-bond acceptors (Lipinski definition) is 8. The van der Waals surface area contributed by atoms with Gasteiger partial charge in [0.2, 0.25) is 13.0 Å². The lowest BCUT2D eigenvalue weighted by Crippen LogP contribution is -2.41. The van der Waals surface area contributed by atoms with Crippen LogP contribution < -0.4 is 20.5 Å². The first-order valence-corrected chi connectivity index (χ1v) is 8.44. The minimum Gasteiger partial charge on any atom is -0.454 e. The summed E-state index contributed by atoms with van der Waals surface area (Å²) in [6.07, 6.45) is -5.04. The van der Waals surface area contributed by atoms with Gasteiger partial charge < -0.3 is 29.7 Å². The molecule has 1 aromatic heterocycles. The van der Waals surface area contributed by atoms with Crippen molar-refractivity contribution < 1.29 is 38.0 Å². The summed E-state index contributed by atoms with van der Waals surface area (Å²) < 4.78 is 44.2. The molecule has 0 radical (unpaired) electrons. The Morgan fingerprint density at radius 3 is 2.83 bits per heavy atom. The fourth-order valence-corrected chi connectivity index (χ4v) is 3.07. The predicted octanol–water partition coefficient (Wildman–Crippen LogP) is 0.110. The van der Waals surface area contributed by atoms with Crippen LogP contribution in [-0.4, -0.2) is 57.2 Å². The van der Waals surface area contributed by atoms with Crippen LogP contribution in [0, 0.1) is 0 Å². The maximum absolute atomic E-state index is 14.2. The van der Waals surface area contributed by atoms with Crippen molar-refractivity contribution in [2.75, 3.05) is 18.7 Å². The lowest BCUT2D eigenvalue weighted by molar-refractivity contribution is -0.140. The second kappa shape index (κ2) is 7.06. The molecule has 0 bridgehead atoms. The highest BCUT2D eigenvalue weighted by Crippen LogP contribution is 2.42. The fourth-order valence-electron chi connectivity index (χ4n) is 3.07. The van der Waals surface area contributed by atoms with Gasteiger partial charge in [0.15, 0.2) is 17.6 Å². The Labute approximate surface area is 161 Å². The first kappa shape index (κ1) is 19.2. The average molecular weight is 411 g/mol. The second-order valence-electron chi connectivity index (χ2n) is 6.32. The van der Waals surface area contributed by atoms with E-state index in [1.807, 2.05) is 0 Å². The predicted molar refractivity (Wildman–Crippen MR) is 91.0 cm³/mol. The van der Waals surface area contributed by atoms with Gasteiger partial charge in [-0.05, 0) is 18.2 Å². The molecule has 3 N–H and O–H groups in total. The molecule has 1 saturated heterocycles. The van der Waals surface area contributed by atoms with Crippen LogP contribution in [0.1, 0.15) is 16.6 Å². The van der Waals surface area contributed by atoms with E-state index in [9.17, 15) is 23.5 Å². The van der Waals surface area contributed by atoms with Crippen molar-refractivity contribution in [3.8, 4) is 11.5 Å². The minimum atomic E-state index is -3.83. The Morgan fingerprint density at radius 2 is 2.14 bits per heavy atom. The number of carbonyl (C=O) groups excluding carboxylic acids is 1. The smallest absolute Gasteiger partial charge is 0.351 e. The highest BCUT2D eigenvalue weighted by molar-refractivity contribution is 6.06. The number of nitrogens with one attached hydrogen (secondary N) is 1. The van der Waals surface area contributed by atoms with E-state index in [0.717, 1.165) is 12.3 Å². The van der Waals surface area contributed by atoms with Gasteiger partial charge in [-0.15, -0.1) is 0 Å². The molecular formula is C17H15F2N3O7. The van der Waals surface area contributed by atoms with Crippen LogP contribution >= 0.6 is 0 Å². The van der Waals surface area contributed by atoms with Gasteiger partial charge in [0.05, 0.1) is 12.2 Å². The summed E-state index contributed by atoms with van der Waals surface area (Å²) in [6, 6.07) is 5.80. The summed E-state index contributed by atoms with van der Waals surface area (Å²) in [7, 11) is 0. The normalized spacial score (nSPS) is 24.5. The summed E-state index contributed by atoms with van der Waals surface area (Å²) in [4.78, 5) is 28.2. The number of anilines is 1. The summed E-state index contributed by atoms with van der Waals surface area (Å²) in [6.45, 7) is -0.888. The van der Waals surface area contributed by atoms with Crippen LogP contribution in [0.15, 0.2) is 35.3 Å². The van der Waals surface area contributed by atoms with Crippen molar-refractivity contribution in [1.82, 2.24) is 9.55 Å². The monoisotopic (exact) mass is 411 g/mol. The highest BCUT2D eigenvalue weighted by Gasteiger charge is 2.59. The second-order valence-corrected chi connectivity index (χ2v) is 6.32. The van der Waals surface area contributed by atoms with Gasteiger partial charge in [0, 0.05) is 6.20 Å². The zero-order chi connectivity index (χ0) is 20.8. The van der Waals surface area contributed by atoms with E-state index in [2.05, 4.69) is 10.3 Å². The molecule has 2 aliphatic rings. The Bertz CT molecular complexity index is 1010. The van der Waals surface area contributed by atoms with Gasteiger partial charge in [-0.1, -0.05) is 6.07 Å². The Kier molecular flexibility index (Phi) is 4.68. The van der Waals surface area contributed by atoms with Gasteiger partial charge in [-0.2, -0.15) is 13.8 Å². The number of para-hydroxylation sites is 1. The molecule has 12 heteroatoms. The number of benzene rings is 1. The number of aliphatic hydroxyl groups is 2. The van der Waals surface area contributed by atoms with Crippen molar-refractivity contribution in [3.63, 3.8) is 0 Å². The molecule has 3 atom stereocenters. The molecule has 1 amide bonds. The number of aromatic nitrogens is 2. The van der Waals surface area contributed by atoms with Crippen LogP contribution in [0.4, 0.5) is 14.6 Å². The number of ether oxygens (including phenoxy) is 3. The minimum absolute atomic E-state index is 0.0375. The number of nitrogens with zero attached hydrogens (tertiary/aromatic N) is 2. The molecule has 1 aromatic carbocycles. The molecule has 10 nitrogen and oxygen atoms in total. The van der Waals surface area contributed by atoms with E-state index < -0.39 is 42.6 Å². The third kappa shape index (κ3) is 3.20. The van der Waals surface area contributed by atoms with Crippen LogP contribution in [0.2, 0.25) is 0 Å². The van der Waals surface area contributed by atoms with Gasteiger partial charge in [-0.25, -0.2) is 4.79 Å². The summed E-state index contributed by atoms with van der Waals surface area (Å²) in [5.41, 5.74) is -0.998. The van der Waals surface area contributed by atoms with Gasteiger partial charge in [-0.3, -0.25) is 9.36 Å². The third-order valence-corrected chi connectivity index (χ3v) is 4.52. The number of alkyl halides is 2. The van der Waals surface area contributed by atoms with Crippen LogP contribution in [-0.2, 0) is 4.74 Å². The number of rotatable bonds is 4. The third-order valence-electron chi connectivity index (χ3n) is 4.52. The van der Waals surface area contributed by atoms with Gasteiger partial charge in [0.1, 0.15) is 11.9 Å². The molecule has 4 rings (SSSR count). The number of fused-ring (bicyclic) bond motifs is 1. The average Bonchev–Trinajstić information content (AvgIpc) is 3.25. The molecule has 1 unspecified atom stereocenters. The van der Waals surface area contributed by atoms with Crippen molar-refractivity contribution in [2.45, 2.75) is 24.4 Å². The fraction of sp³-hybridized carbons (Fsp3) is 0.353. The lowest BCUT2D eigenvalue weighted by atomic mass is 10.1. The zero-order valence-corrected chi connectivity index (χ0v) is 14.6. The largest absolute Gasteiger partial charge is 0.454 e. The zero-order valence-electron chi connectivity index (χ0n) is 14.6. The molecular weight excluding hydrogens is 396 g/mol. The molecule has 29 heavy (non-hydrogen) atoms. The quantitative estimate of drug-likeness (QED) is 0.646. The highest BCUT2D eigenvalue weighted by atomic mass is 19.3. The van der Waals surface area contributed by atoms with E-state index in [1.54, 1.807) is 12.1 Å². The van der Waals surface area contributed by atoms with Crippen LogP contribution in [0.25, 0.3) is 0 Å². The Hall–Kier alpha value is -3.09. The first-order chi connectivity index (χ1) is 13.8.